The van der Waals surface area contributed by atoms with Gasteiger partial charge in [-0.3, -0.25) is 14.6 Å². The summed E-state index contributed by atoms with van der Waals surface area (Å²) in [5.74, 6) is -2.50. The van der Waals surface area contributed by atoms with Crippen LogP contribution in [0.3, 0.4) is 0 Å². The summed E-state index contributed by atoms with van der Waals surface area (Å²) in [4.78, 5) is 41.2. The lowest BCUT2D eigenvalue weighted by Gasteiger charge is -2.32. The molecule has 1 aliphatic heterocycles. The Morgan fingerprint density at radius 2 is 1.77 bits per heavy atom. The van der Waals surface area contributed by atoms with Gasteiger partial charge in [0.05, 0.1) is 18.8 Å². The third-order valence-corrected chi connectivity index (χ3v) is 4.32. The zero-order valence-electron chi connectivity index (χ0n) is 15.4. The summed E-state index contributed by atoms with van der Waals surface area (Å²) in [5.41, 5.74) is 2.30. The fourth-order valence-electron chi connectivity index (χ4n) is 3.29. The van der Waals surface area contributed by atoms with Crippen molar-refractivity contribution in [2.45, 2.75) is 33.6 Å². The molecule has 0 saturated carbocycles. The van der Waals surface area contributed by atoms with Gasteiger partial charge in [-0.15, -0.1) is 0 Å². The molecule has 1 aromatic carbocycles. The summed E-state index contributed by atoms with van der Waals surface area (Å²) in [6.45, 7) is 7.26. The van der Waals surface area contributed by atoms with Gasteiger partial charge >= 0.3 is 11.9 Å². The molecule has 2 rings (SSSR count). The Kier molecular flexibility index (Phi) is 6.44. The number of esters is 2. The fourth-order valence-corrected chi connectivity index (χ4v) is 3.29. The standard InChI is InChI=1S/C20H23NO5/c1-5-25-19(23)16-12(3)21-13(4)17(20(24)26-6-2)18(16)15-10-8-7-9-14(15)11-22/h7-11,16,18H,5-6H2,1-4H3. The van der Waals surface area contributed by atoms with Crippen LogP contribution in [0.5, 0.6) is 0 Å². The zero-order chi connectivity index (χ0) is 19.3. The number of hydrogen-bond donors (Lipinski definition) is 0. The Hall–Kier alpha value is -2.76. The molecular weight excluding hydrogens is 334 g/mol. The van der Waals surface area contributed by atoms with Crippen LogP contribution < -0.4 is 0 Å². The van der Waals surface area contributed by atoms with Crippen molar-refractivity contribution in [2.24, 2.45) is 10.9 Å². The van der Waals surface area contributed by atoms with Gasteiger partial charge in [-0.1, -0.05) is 24.3 Å². The second-order valence-electron chi connectivity index (χ2n) is 5.93. The lowest BCUT2D eigenvalue weighted by atomic mass is 9.74. The van der Waals surface area contributed by atoms with Crippen LogP contribution in [0.1, 0.15) is 49.5 Å². The molecule has 26 heavy (non-hydrogen) atoms. The molecule has 0 spiro atoms. The number of rotatable bonds is 6. The SMILES string of the molecule is CCOC(=O)C1=C(C)N=C(C)C(C(=O)OCC)C1c1ccccc1C=O. The lowest BCUT2D eigenvalue weighted by Crippen LogP contribution is -2.37. The summed E-state index contributed by atoms with van der Waals surface area (Å²) in [6, 6.07) is 6.90. The smallest absolute Gasteiger partial charge is 0.336 e. The predicted molar refractivity (Wildman–Crippen MR) is 97.1 cm³/mol. The maximum Gasteiger partial charge on any atom is 0.336 e. The van der Waals surface area contributed by atoms with Crippen molar-refractivity contribution in [3.05, 3.63) is 46.7 Å². The number of carbonyl (C=O) groups excluding carboxylic acids is 3. The molecular formula is C20H23NO5. The first kappa shape index (κ1) is 19.6. The maximum atomic E-state index is 12.7. The topological polar surface area (TPSA) is 82.0 Å². The van der Waals surface area contributed by atoms with E-state index in [9.17, 15) is 14.4 Å². The lowest BCUT2D eigenvalue weighted by molar-refractivity contribution is -0.146. The van der Waals surface area contributed by atoms with E-state index < -0.39 is 23.8 Å². The molecule has 2 atom stereocenters. The normalized spacial score (nSPS) is 19.6. The van der Waals surface area contributed by atoms with Crippen molar-refractivity contribution < 1.29 is 23.9 Å². The minimum absolute atomic E-state index is 0.199. The quantitative estimate of drug-likeness (QED) is 0.577. The number of nitrogens with zero attached hydrogens (tertiary/aromatic N) is 1. The highest BCUT2D eigenvalue weighted by Crippen LogP contribution is 2.41. The number of aliphatic imine (C=N–C) groups is 1. The number of carbonyl (C=O) groups is 3. The first-order valence-electron chi connectivity index (χ1n) is 8.60. The van der Waals surface area contributed by atoms with Gasteiger partial charge in [0.1, 0.15) is 12.2 Å². The van der Waals surface area contributed by atoms with Crippen LogP contribution in [0.2, 0.25) is 0 Å². The van der Waals surface area contributed by atoms with E-state index >= 15 is 0 Å². The van der Waals surface area contributed by atoms with Crippen molar-refractivity contribution in [3.63, 3.8) is 0 Å². The Morgan fingerprint density at radius 1 is 1.12 bits per heavy atom. The van der Waals surface area contributed by atoms with Crippen LogP contribution in [-0.2, 0) is 19.1 Å². The van der Waals surface area contributed by atoms with Gasteiger partial charge in [0, 0.05) is 22.9 Å². The number of hydrogen-bond acceptors (Lipinski definition) is 6. The zero-order valence-corrected chi connectivity index (χ0v) is 15.4. The van der Waals surface area contributed by atoms with Crippen molar-refractivity contribution in [1.82, 2.24) is 0 Å². The molecule has 0 saturated heterocycles. The minimum atomic E-state index is -0.792. The molecule has 0 aromatic heterocycles. The van der Waals surface area contributed by atoms with Gasteiger partial charge in [-0.2, -0.15) is 0 Å². The van der Waals surface area contributed by atoms with Crippen molar-refractivity contribution in [3.8, 4) is 0 Å². The second-order valence-corrected chi connectivity index (χ2v) is 5.93. The van der Waals surface area contributed by atoms with Crippen LogP contribution in [0.4, 0.5) is 0 Å². The molecule has 1 heterocycles. The number of benzene rings is 1. The Bertz CT molecular complexity index is 778. The highest BCUT2D eigenvalue weighted by Gasteiger charge is 2.43. The van der Waals surface area contributed by atoms with E-state index in [1.807, 2.05) is 0 Å². The second kappa shape index (κ2) is 8.56. The van der Waals surface area contributed by atoms with Crippen LogP contribution in [0.15, 0.2) is 40.5 Å². The van der Waals surface area contributed by atoms with Gasteiger partial charge in [-0.05, 0) is 33.3 Å². The average Bonchev–Trinajstić information content (AvgIpc) is 2.61. The largest absolute Gasteiger partial charge is 0.465 e. The van der Waals surface area contributed by atoms with Crippen molar-refractivity contribution in [2.75, 3.05) is 13.2 Å². The first-order valence-corrected chi connectivity index (χ1v) is 8.60. The molecule has 138 valence electrons. The van der Waals surface area contributed by atoms with Crippen molar-refractivity contribution >= 4 is 23.9 Å². The molecule has 0 fully saturated rings. The molecule has 2 unspecified atom stereocenters. The maximum absolute atomic E-state index is 12.7. The molecule has 0 radical (unpaired) electrons. The Labute approximate surface area is 152 Å². The number of ether oxygens (including phenoxy) is 2. The molecule has 6 heteroatoms. The molecule has 6 nitrogen and oxygen atoms in total. The highest BCUT2D eigenvalue weighted by atomic mass is 16.5. The summed E-state index contributed by atoms with van der Waals surface area (Å²) >= 11 is 0. The highest BCUT2D eigenvalue weighted by molar-refractivity contribution is 6.07. The number of allylic oxidation sites excluding steroid dienone is 1. The van der Waals surface area contributed by atoms with Crippen molar-refractivity contribution in [1.29, 1.82) is 0 Å². The van der Waals surface area contributed by atoms with E-state index in [4.69, 9.17) is 9.47 Å². The molecule has 0 N–H and O–H groups in total. The van der Waals surface area contributed by atoms with Gasteiger partial charge in [-0.25, -0.2) is 4.79 Å². The van der Waals surface area contributed by atoms with Crippen LogP contribution in [0.25, 0.3) is 0 Å². The molecule has 1 aromatic rings. The first-order chi connectivity index (χ1) is 12.5. The Morgan fingerprint density at radius 3 is 2.38 bits per heavy atom. The van der Waals surface area contributed by atoms with Crippen LogP contribution in [0, 0.1) is 5.92 Å². The molecule has 0 bridgehead atoms. The van der Waals surface area contributed by atoms with E-state index in [1.165, 1.54) is 0 Å². The summed E-state index contributed by atoms with van der Waals surface area (Å²) < 4.78 is 10.4. The van der Waals surface area contributed by atoms with E-state index in [-0.39, 0.29) is 18.8 Å². The molecule has 0 amide bonds. The third-order valence-electron chi connectivity index (χ3n) is 4.32. The Balaban J connectivity index is 2.70. The molecule has 0 aliphatic carbocycles. The van der Waals surface area contributed by atoms with Gasteiger partial charge in [0.15, 0.2) is 0 Å². The summed E-state index contributed by atoms with van der Waals surface area (Å²) in [5, 5.41) is 0. The van der Waals surface area contributed by atoms with E-state index in [0.29, 0.717) is 22.5 Å². The van der Waals surface area contributed by atoms with Gasteiger partial charge < -0.3 is 9.47 Å². The average molecular weight is 357 g/mol. The van der Waals surface area contributed by atoms with E-state index in [2.05, 4.69) is 4.99 Å². The van der Waals surface area contributed by atoms with Gasteiger partial charge in [0.2, 0.25) is 0 Å². The summed E-state index contributed by atoms with van der Waals surface area (Å²) in [7, 11) is 0. The summed E-state index contributed by atoms with van der Waals surface area (Å²) in [6.07, 6.45) is 0.719. The van der Waals surface area contributed by atoms with Crippen LogP contribution >= 0.6 is 0 Å². The van der Waals surface area contributed by atoms with Gasteiger partial charge in [0.25, 0.3) is 0 Å². The van der Waals surface area contributed by atoms with E-state index in [0.717, 1.165) is 6.29 Å². The molecule has 1 aliphatic rings. The van der Waals surface area contributed by atoms with Crippen LogP contribution in [-0.4, -0.2) is 37.2 Å². The minimum Gasteiger partial charge on any atom is -0.465 e. The predicted octanol–water partition coefficient (Wildman–Crippen LogP) is 3.07. The van der Waals surface area contributed by atoms with E-state index in [1.54, 1.807) is 52.0 Å². The monoisotopic (exact) mass is 357 g/mol. The fraction of sp³-hybridized carbons (Fsp3) is 0.400. The third kappa shape index (κ3) is 3.74. The number of aldehydes is 1.